The molecule has 0 saturated carbocycles. The van der Waals surface area contributed by atoms with E-state index in [1.165, 1.54) is 0 Å². The minimum absolute atomic E-state index is 0.0858. The van der Waals surface area contributed by atoms with Crippen LogP contribution in [0.15, 0.2) is 0 Å². The van der Waals surface area contributed by atoms with Crippen LogP contribution in [-0.2, 0) is 18.9 Å². The first kappa shape index (κ1) is 19.9. The SMILES string of the molecule is CC1(C)COCCCCOCC(C)(C)COCCCCOC1. The van der Waals surface area contributed by atoms with Crippen LogP contribution < -0.4 is 0 Å². The fourth-order valence-electron chi connectivity index (χ4n) is 2.29. The molecular weight excluding hydrogens is 280 g/mol. The van der Waals surface area contributed by atoms with E-state index in [4.69, 9.17) is 18.9 Å². The Morgan fingerprint density at radius 3 is 0.909 bits per heavy atom. The van der Waals surface area contributed by atoms with Crippen molar-refractivity contribution < 1.29 is 18.9 Å². The molecule has 1 aliphatic heterocycles. The number of hydrogen-bond acceptors (Lipinski definition) is 4. The van der Waals surface area contributed by atoms with Crippen LogP contribution in [0.3, 0.4) is 0 Å². The Morgan fingerprint density at radius 2 is 0.682 bits per heavy atom. The molecule has 4 heteroatoms. The van der Waals surface area contributed by atoms with Gasteiger partial charge >= 0.3 is 0 Å². The largest absolute Gasteiger partial charge is 0.381 e. The van der Waals surface area contributed by atoms with Crippen LogP contribution in [0.2, 0.25) is 0 Å². The molecule has 0 bridgehead atoms. The lowest BCUT2D eigenvalue weighted by Gasteiger charge is -2.25. The van der Waals surface area contributed by atoms with Gasteiger partial charge in [0.05, 0.1) is 26.4 Å². The van der Waals surface area contributed by atoms with E-state index in [0.717, 1.165) is 78.5 Å². The maximum absolute atomic E-state index is 5.78. The van der Waals surface area contributed by atoms with E-state index in [0.29, 0.717) is 0 Å². The zero-order valence-corrected chi connectivity index (χ0v) is 15.1. The second kappa shape index (κ2) is 10.6. The first-order valence-electron chi connectivity index (χ1n) is 8.72. The number of hydrogen-bond donors (Lipinski definition) is 0. The molecule has 0 aromatic heterocycles. The lowest BCUT2D eigenvalue weighted by molar-refractivity contribution is -0.0215. The predicted molar refractivity (Wildman–Crippen MR) is 89.3 cm³/mol. The van der Waals surface area contributed by atoms with E-state index in [1.807, 2.05) is 0 Å². The van der Waals surface area contributed by atoms with E-state index >= 15 is 0 Å². The summed E-state index contributed by atoms with van der Waals surface area (Å²) in [5, 5.41) is 0. The van der Waals surface area contributed by atoms with Crippen molar-refractivity contribution in [3.63, 3.8) is 0 Å². The number of ether oxygens (including phenoxy) is 4. The Kier molecular flexibility index (Phi) is 9.57. The Balaban J connectivity index is 2.31. The zero-order chi connectivity index (χ0) is 16.3. The van der Waals surface area contributed by atoms with Gasteiger partial charge in [0.15, 0.2) is 0 Å². The van der Waals surface area contributed by atoms with E-state index < -0.39 is 0 Å². The molecule has 0 aromatic carbocycles. The van der Waals surface area contributed by atoms with Crippen molar-refractivity contribution in [3.8, 4) is 0 Å². The third-order valence-corrected chi connectivity index (χ3v) is 3.63. The summed E-state index contributed by atoms with van der Waals surface area (Å²) in [5.74, 6) is 0. The molecular formula is C18H36O4. The van der Waals surface area contributed by atoms with Crippen molar-refractivity contribution in [2.75, 3.05) is 52.9 Å². The number of rotatable bonds is 0. The molecule has 1 fully saturated rings. The zero-order valence-electron chi connectivity index (χ0n) is 15.1. The molecule has 0 amide bonds. The van der Waals surface area contributed by atoms with E-state index in [-0.39, 0.29) is 10.8 Å². The summed E-state index contributed by atoms with van der Waals surface area (Å²) in [6.45, 7) is 15.0. The van der Waals surface area contributed by atoms with Gasteiger partial charge in [-0.2, -0.15) is 0 Å². The third-order valence-electron chi connectivity index (χ3n) is 3.63. The van der Waals surface area contributed by atoms with Crippen LogP contribution in [0.5, 0.6) is 0 Å². The molecule has 1 saturated heterocycles. The van der Waals surface area contributed by atoms with E-state index in [1.54, 1.807) is 0 Å². The molecule has 0 N–H and O–H groups in total. The highest BCUT2D eigenvalue weighted by Crippen LogP contribution is 2.18. The normalized spacial score (nSPS) is 26.7. The van der Waals surface area contributed by atoms with Crippen LogP contribution >= 0.6 is 0 Å². The van der Waals surface area contributed by atoms with E-state index in [2.05, 4.69) is 27.7 Å². The van der Waals surface area contributed by atoms with Crippen molar-refractivity contribution in [2.45, 2.75) is 53.4 Å². The molecule has 1 rings (SSSR count). The highest BCUT2D eigenvalue weighted by atomic mass is 16.5. The van der Waals surface area contributed by atoms with Gasteiger partial charge in [0.2, 0.25) is 0 Å². The highest BCUT2D eigenvalue weighted by molar-refractivity contribution is 4.68. The average molecular weight is 316 g/mol. The lowest BCUT2D eigenvalue weighted by atomic mass is 9.96. The molecule has 1 aliphatic rings. The van der Waals surface area contributed by atoms with Crippen LogP contribution in [0.1, 0.15) is 53.4 Å². The fourth-order valence-corrected chi connectivity index (χ4v) is 2.29. The molecule has 0 radical (unpaired) electrons. The van der Waals surface area contributed by atoms with Crippen molar-refractivity contribution in [1.29, 1.82) is 0 Å². The Hall–Kier alpha value is -0.160. The van der Waals surface area contributed by atoms with E-state index in [9.17, 15) is 0 Å². The van der Waals surface area contributed by atoms with Gasteiger partial charge in [-0.15, -0.1) is 0 Å². The Labute approximate surface area is 136 Å². The summed E-state index contributed by atoms with van der Waals surface area (Å²) in [7, 11) is 0. The molecule has 0 unspecified atom stereocenters. The van der Waals surface area contributed by atoms with Crippen LogP contribution in [-0.4, -0.2) is 52.9 Å². The molecule has 0 aliphatic carbocycles. The standard InChI is InChI=1S/C18H36O4/c1-17(2)13-19-9-5-7-11-21-15-18(3,4)16-22-12-8-6-10-20-14-17/h5-16H2,1-4H3. The Morgan fingerprint density at radius 1 is 0.455 bits per heavy atom. The molecule has 132 valence electrons. The molecule has 0 aromatic rings. The van der Waals surface area contributed by atoms with Gasteiger partial charge in [0, 0.05) is 37.3 Å². The molecule has 4 nitrogen and oxygen atoms in total. The molecule has 1 heterocycles. The van der Waals surface area contributed by atoms with Crippen LogP contribution in [0.4, 0.5) is 0 Å². The summed E-state index contributed by atoms with van der Waals surface area (Å²) in [6, 6.07) is 0. The highest BCUT2D eigenvalue weighted by Gasteiger charge is 2.19. The minimum atomic E-state index is 0.0858. The summed E-state index contributed by atoms with van der Waals surface area (Å²) in [4.78, 5) is 0. The van der Waals surface area contributed by atoms with Gasteiger partial charge < -0.3 is 18.9 Å². The van der Waals surface area contributed by atoms with Crippen molar-refractivity contribution >= 4 is 0 Å². The summed E-state index contributed by atoms with van der Waals surface area (Å²) in [6.07, 6.45) is 4.20. The van der Waals surface area contributed by atoms with Crippen molar-refractivity contribution in [2.24, 2.45) is 10.8 Å². The monoisotopic (exact) mass is 316 g/mol. The van der Waals surface area contributed by atoms with Gasteiger partial charge in [-0.1, -0.05) is 27.7 Å². The maximum atomic E-state index is 5.78. The van der Waals surface area contributed by atoms with Crippen LogP contribution in [0, 0.1) is 10.8 Å². The first-order chi connectivity index (χ1) is 10.4. The first-order valence-corrected chi connectivity index (χ1v) is 8.72. The quantitative estimate of drug-likeness (QED) is 0.683. The topological polar surface area (TPSA) is 36.9 Å². The molecule has 22 heavy (non-hydrogen) atoms. The summed E-state index contributed by atoms with van der Waals surface area (Å²) >= 11 is 0. The van der Waals surface area contributed by atoms with Crippen molar-refractivity contribution in [1.82, 2.24) is 0 Å². The Bertz CT molecular complexity index is 224. The summed E-state index contributed by atoms with van der Waals surface area (Å²) < 4.78 is 23.1. The van der Waals surface area contributed by atoms with Crippen LogP contribution in [0.25, 0.3) is 0 Å². The second-order valence-electron chi connectivity index (χ2n) is 7.95. The van der Waals surface area contributed by atoms with Gasteiger partial charge in [0.25, 0.3) is 0 Å². The molecule has 0 atom stereocenters. The van der Waals surface area contributed by atoms with Gasteiger partial charge in [-0.3, -0.25) is 0 Å². The van der Waals surface area contributed by atoms with Crippen molar-refractivity contribution in [3.05, 3.63) is 0 Å². The smallest absolute Gasteiger partial charge is 0.0539 e. The fraction of sp³-hybridized carbons (Fsp3) is 1.00. The third kappa shape index (κ3) is 10.5. The summed E-state index contributed by atoms with van der Waals surface area (Å²) in [5.41, 5.74) is 0.172. The average Bonchev–Trinajstić information content (AvgIpc) is 2.43. The molecule has 0 spiro atoms. The van der Waals surface area contributed by atoms with Gasteiger partial charge in [-0.05, 0) is 25.7 Å². The minimum Gasteiger partial charge on any atom is -0.381 e. The van der Waals surface area contributed by atoms with Gasteiger partial charge in [0.1, 0.15) is 0 Å². The second-order valence-corrected chi connectivity index (χ2v) is 7.95. The predicted octanol–water partition coefficient (Wildman–Crippen LogP) is 3.68. The van der Waals surface area contributed by atoms with Gasteiger partial charge in [-0.25, -0.2) is 0 Å². The maximum Gasteiger partial charge on any atom is 0.0539 e. The lowest BCUT2D eigenvalue weighted by Crippen LogP contribution is -2.27.